The molecule has 9 heteroatoms. The van der Waals surface area contributed by atoms with E-state index in [0.29, 0.717) is 34.9 Å². The molecule has 0 bridgehead atoms. The number of aromatic amines is 1. The topological polar surface area (TPSA) is 111 Å². The molecule has 1 aliphatic rings. The maximum Gasteiger partial charge on any atom is 0.258 e. The summed E-state index contributed by atoms with van der Waals surface area (Å²) in [6.45, 7) is 1.28. The van der Waals surface area contributed by atoms with Crippen molar-refractivity contribution in [3.8, 4) is 0 Å². The molecule has 0 saturated carbocycles. The minimum atomic E-state index is -0.357. The number of likely N-dealkylation sites (tertiary alicyclic amines) is 1. The van der Waals surface area contributed by atoms with Crippen molar-refractivity contribution in [3.63, 3.8) is 0 Å². The van der Waals surface area contributed by atoms with Gasteiger partial charge < -0.3 is 19.9 Å². The number of nitrogens with zero attached hydrogens (tertiary/aromatic N) is 2. The number of hydrogen-bond acceptors (Lipinski definition) is 6. The number of H-pyrrole nitrogens is 1. The lowest BCUT2D eigenvalue weighted by Gasteiger charge is -2.16. The monoisotopic (exact) mass is 451 g/mol. The van der Waals surface area contributed by atoms with Crippen LogP contribution in [0.1, 0.15) is 22.3 Å². The van der Waals surface area contributed by atoms with Gasteiger partial charge in [-0.3, -0.25) is 9.59 Å². The quantitative estimate of drug-likeness (QED) is 0.479. The number of benzene rings is 2. The van der Waals surface area contributed by atoms with Crippen LogP contribution in [0.4, 0.5) is 5.69 Å². The molecule has 1 aromatic heterocycles. The maximum absolute atomic E-state index is 12.6. The van der Waals surface area contributed by atoms with Gasteiger partial charge in [-0.05, 0) is 55.0 Å². The SMILES string of the molecule is CO[C@@H]1CCN(C(=O)c2ccc(N/C=C(\N=N)c3cc4cc(Cl)ccc4[nH]c3=O)cc2)C1. The molecule has 3 aromatic rings. The number of rotatable bonds is 6. The highest BCUT2D eigenvalue weighted by Crippen LogP contribution is 2.22. The first-order valence-corrected chi connectivity index (χ1v) is 10.5. The average molecular weight is 452 g/mol. The van der Waals surface area contributed by atoms with E-state index in [4.69, 9.17) is 21.9 Å². The summed E-state index contributed by atoms with van der Waals surface area (Å²) in [5, 5.41) is 7.82. The summed E-state index contributed by atoms with van der Waals surface area (Å²) in [5.41, 5.74) is 9.49. The van der Waals surface area contributed by atoms with Gasteiger partial charge in [0.25, 0.3) is 11.5 Å². The molecule has 8 nitrogen and oxygen atoms in total. The van der Waals surface area contributed by atoms with Crippen molar-refractivity contribution in [1.29, 1.82) is 5.53 Å². The van der Waals surface area contributed by atoms with Gasteiger partial charge >= 0.3 is 0 Å². The number of fused-ring (bicyclic) bond motifs is 1. The maximum atomic E-state index is 12.6. The summed E-state index contributed by atoms with van der Waals surface area (Å²) < 4.78 is 5.32. The van der Waals surface area contributed by atoms with E-state index in [2.05, 4.69) is 15.4 Å². The second kappa shape index (κ2) is 9.33. The van der Waals surface area contributed by atoms with Gasteiger partial charge in [0.2, 0.25) is 0 Å². The zero-order valence-corrected chi connectivity index (χ0v) is 18.1. The Morgan fingerprint density at radius 3 is 2.75 bits per heavy atom. The molecule has 4 rings (SSSR count). The Labute approximate surface area is 189 Å². The first kappa shape index (κ1) is 21.7. The third kappa shape index (κ3) is 4.56. The minimum absolute atomic E-state index is 0.0325. The largest absolute Gasteiger partial charge is 0.380 e. The normalized spacial score (nSPS) is 16.4. The molecule has 1 amide bonds. The lowest BCUT2D eigenvalue weighted by Crippen LogP contribution is -2.29. The minimum Gasteiger partial charge on any atom is -0.380 e. The predicted octanol–water partition coefficient (Wildman–Crippen LogP) is 4.48. The van der Waals surface area contributed by atoms with Gasteiger partial charge in [-0.25, -0.2) is 5.53 Å². The third-order valence-corrected chi connectivity index (χ3v) is 5.71. The number of nitrogens with one attached hydrogen (secondary N) is 3. The van der Waals surface area contributed by atoms with Crippen molar-refractivity contribution >= 4 is 39.8 Å². The molecule has 0 aliphatic carbocycles. The van der Waals surface area contributed by atoms with Crippen molar-refractivity contribution < 1.29 is 9.53 Å². The Morgan fingerprint density at radius 1 is 1.28 bits per heavy atom. The summed E-state index contributed by atoms with van der Waals surface area (Å²) in [7, 11) is 1.66. The van der Waals surface area contributed by atoms with E-state index in [9.17, 15) is 9.59 Å². The van der Waals surface area contributed by atoms with Crippen LogP contribution in [0, 0.1) is 5.53 Å². The van der Waals surface area contributed by atoms with Crippen molar-refractivity contribution in [2.45, 2.75) is 12.5 Å². The molecule has 1 atom stereocenters. The Morgan fingerprint density at radius 2 is 2.06 bits per heavy atom. The van der Waals surface area contributed by atoms with Crippen molar-refractivity contribution in [2.75, 3.05) is 25.5 Å². The summed E-state index contributed by atoms with van der Waals surface area (Å²) in [5.74, 6) is -0.0325. The van der Waals surface area contributed by atoms with E-state index >= 15 is 0 Å². The van der Waals surface area contributed by atoms with Crippen LogP contribution in [-0.2, 0) is 4.74 Å². The Bertz CT molecular complexity index is 1250. The fourth-order valence-electron chi connectivity index (χ4n) is 3.69. The Balaban J connectivity index is 1.51. The molecular formula is C23H22ClN5O3. The Kier molecular flexibility index (Phi) is 6.34. The molecule has 0 unspecified atom stereocenters. The smallest absolute Gasteiger partial charge is 0.258 e. The zero-order valence-electron chi connectivity index (χ0n) is 17.4. The molecule has 3 N–H and O–H groups in total. The molecule has 2 heterocycles. The third-order valence-electron chi connectivity index (χ3n) is 5.48. The molecule has 2 aromatic carbocycles. The van der Waals surface area contributed by atoms with Crippen molar-refractivity contribution in [3.05, 3.63) is 81.2 Å². The first-order chi connectivity index (χ1) is 15.5. The number of ether oxygens (including phenoxy) is 1. The van der Waals surface area contributed by atoms with Gasteiger partial charge in [0.15, 0.2) is 0 Å². The van der Waals surface area contributed by atoms with Crippen LogP contribution in [0.5, 0.6) is 0 Å². The fourth-order valence-corrected chi connectivity index (χ4v) is 3.87. The number of amides is 1. The molecule has 32 heavy (non-hydrogen) atoms. The molecule has 0 radical (unpaired) electrons. The van der Waals surface area contributed by atoms with E-state index in [1.165, 1.54) is 6.20 Å². The number of halogens is 1. The average Bonchev–Trinajstić information content (AvgIpc) is 3.29. The fraction of sp³-hybridized carbons (Fsp3) is 0.217. The number of carbonyl (C=O) groups excluding carboxylic acids is 1. The van der Waals surface area contributed by atoms with E-state index < -0.39 is 0 Å². The number of carbonyl (C=O) groups is 1. The number of pyridine rings is 1. The van der Waals surface area contributed by atoms with Crippen LogP contribution in [0.15, 0.2) is 64.6 Å². The van der Waals surface area contributed by atoms with E-state index in [1.807, 2.05) is 0 Å². The lowest BCUT2D eigenvalue weighted by molar-refractivity contribution is 0.0724. The van der Waals surface area contributed by atoms with Crippen LogP contribution in [0.2, 0.25) is 5.02 Å². The second-order valence-corrected chi connectivity index (χ2v) is 7.94. The molecule has 1 saturated heterocycles. The first-order valence-electron chi connectivity index (χ1n) is 10.1. The van der Waals surface area contributed by atoms with E-state index in [1.54, 1.807) is 60.5 Å². The van der Waals surface area contributed by atoms with Crippen LogP contribution in [0.3, 0.4) is 0 Å². The highest BCUT2D eigenvalue weighted by molar-refractivity contribution is 6.31. The van der Waals surface area contributed by atoms with Crippen molar-refractivity contribution in [1.82, 2.24) is 9.88 Å². The number of aromatic nitrogens is 1. The molecular weight excluding hydrogens is 430 g/mol. The zero-order chi connectivity index (χ0) is 22.7. The second-order valence-electron chi connectivity index (χ2n) is 7.50. The van der Waals surface area contributed by atoms with E-state index in [-0.39, 0.29) is 28.8 Å². The summed E-state index contributed by atoms with van der Waals surface area (Å²) in [6, 6.07) is 13.8. The molecule has 164 valence electrons. The van der Waals surface area contributed by atoms with Gasteiger partial charge in [-0.2, -0.15) is 5.11 Å². The molecule has 0 spiro atoms. The van der Waals surface area contributed by atoms with E-state index in [0.717, 1.165) is 11.8 Å². The highest BCUT2D eigenvalue weighted by Gasteiger charge is 2.26. The van der Waals surface area contributed by atoms with Gasteiger partial charge in [-0.1, -0.05) is 11.6 Å². The highest BCUT2D eigenvalue weighted by atomic mass is 35.5. The van der Waals surface area contributed by atoms with Gasteiger partial charge in [0, 0.05) is 53.6 Å². The summed E-state index contributed by atoms with van der Waals surface area (Å²) in [4.78, 5) is 29.7. The summed E-state index contributed by atoms with van der Waals surface area (Å²) in [6.07, 6.45) is 2.41. The van der Waals surface area contributed by atoms with Gasteiger partial charge in [0.1, 0.15) is 5.70 Å². The standard InChI is InChI=1S/C23H22ClN5O3/c1-32-18-8-9-29(13-18)23(31)14-2-5-17(6-3-14)26-12-21(28-25)19-11-15-10-16(24)4-7-20(15)27-22(19)30/h2-7,10-12,18,25-26H,8-9,13H2,1H3,(H,27,30)/b21-12-,28-25?/t18-/m1/s1. The van der Waals surface area contributed by atoms with Crippen LogP contribution >= 0.6 is 11.6 Å². The lowest BCUT2D eigenvalue weighted by atomic mass is 10.1. The summed E-state index contributed by atoms with van der Waals surface area (Å²) >= 11 is 6.04. The number of anilines is 1. The number of methoxy groups -OCH3 is 1. The van der Waals surface area contributed by atoms with Crippen LogP contribution in [0.25, 0.3) is 16.6 Å². The predicted molar refractivity (Wildman–Crippen MR) is 124 cm³/mol. The van der Waals surface area contributed by atoms with Crippen molar-refractivity contribution in [2.24, 2.45) is 5.11 Å². The van der Waals surface area contributed by atoms with Crippen LogP contribution in [-0.4, -0.2) is 42.1 Å². The number of hydrogen-bond donors (Lipinski definition) is 3. The molecule has 1 aliphatic heterocycles. The van der Waals surface area contributed by atoms with Crippen LogP contribution < -0.4 is 10.9 Å². The van der Waals surface area contributed by atoms with Gasteiger partial charge in [-0.15, -0.1) is 0 Å². The molecule has 1 fully saturated rings. The van der Waals surface area contributed by atoms with Gasteiger partial charge in [0.05, 0.1) is 11.7 Å². The Hall–Kier alpha value is -3.49.